The van der Waals surface area contributed by atoms with E-state index in [1.807, 2.05) is 0 Å². The largest absolute Gasteiger partial charge is 0.309 e. The Bertz CT molecular complexity index is 305. The molecule has 1 aromatic carbocycles. The van der Waals surface area contributed by atoms with Crippen molar-refractivity contribution in [1.82, 2.24) is 10.2 Å². The van der Waals surface area contributed by atoms with Crippen molar-refractivity contribution in [1.29, 1.82) is 0 Å². The monoisotopic (exact) mass is 254 g/mol. The highest BCUT2D eigenvalue weighted by Crippen LogP contribution is 2.06. The number of piperazine rings is 1. The van der Waals surface area contributed by atoms with E-state index in [1.165, 1.54) is 31.6 Å². The highest BCUT2D eigenvalue weighted by atomic mass is 35.5. The average molecular weight is 255 g/mol. The molecule has 0 aromatic heterocycles. The summed E-state index contributed by atoms with van der Waals surface area (Å²) in [5, 5.41) is 3.57. The fraction of sp³-hybridized carbons (Fsp3) is 0.571. The lowest BCUT2D eigenvalue weighted by Crippen LogP contribution is -2.54. The lowest BCUT2D eigenvalue weighted by molar-refractivity contribution is 0.175. The van der Waals surface area contributed by atoms with Crippen molar-refractivity contribution >= 4 is 12.4 Å². The fourth-order valence-corrected chi connectivity index (χ4v) is 2.55. The van der Waals surface area contributed by atoms with Gasteiger partial charge in [-0.3, -0.25) is 4.90 Å². The molecule has 1 aromatic rings. The summed E-state index contributed by atoms with van der Waals surface area (Å²) in [4.78, 5) is 2.57. The molecular formula is C14H23ClN2. The van der Waals surface area contributed by atoms with Crippen molar-refractivity contribution in [3.63, 3.8) is 0 Å². The highest BCUT2D eigenvalue weighted by molar-refractivity contribution is 5.85. The third-order valence-corrected chi connectivity index (χ3v) is 3.19. The highest BCUT2D eigenvalue weighted by Gasteiger charge is 2.19. The molecule has 1 aliphatic rings. The summed E-state index contributed by atoms with van der Waals surface area (Å²) in [7, 11) is 0. The second-order valence-corrected chi connectivity index (χ2v) is 4.96. The van der Waals surface area contributed by atoms with E-state index in [1.54, 1.807) is 0 Å². The summed E-state index contributed by atoms with van der Waals surface area (Å²) in [6, 6.07) is 12.0. The van der Waals surface area contributed by atoms with Gasteiger partial charge in [-0.25, -0.2) is 0 Å². The molecule has 17 heavy (non-hydrogen) atoms. The topological polar surface area (TPSA) is 15.3 Å². The van der Waals surface area contributed by atoms with Crippen molar-refractivity contribution in [3.05, 3.63) is 35.9 Å². The van der Waals surface area contributed by atoms with Crippen LogP contribution in [0.5, 0.6) is 0 Å². The van der Waals surface area contributed by atoms with Crippen LogP contribution < -0.4 is 5.32 Å². The molecule has 2 nitrogen and oxygen atoms in total. The zero-order valence-electron chi connectivity index (χ0n) is 10.7. The second-order valence-electron chi connectivity index (χ2n) is 4.96. The molecular weight excluding hydrogens is 232 g/mol. The minimum absolute atomic E-state index is 0. The van der Waals surface area contributed by atoms with Gasteiger partial charge in [0.25, 0.3) is 0 Å². The zero-order chi connectivity index (χ0) is 11.4. The van der Waals surface area contributed by atoms with Gasteiger partial charge in [0.15, 0.2) is 0 Å². The number of rotatable bonds is 3. The van der Waals surface area contributed by atoms with Crippen LogP contribution in [0, 0.1) is 0 Å². The van der Waals surface area contributed by atoms with E-state index in [0.717, 1.165) is 0 Å². The number of hydrogen-bond donors (Lipinski definition) is 1. The lowest BCUT2D eigenvalue weighted by Gasteiger charge is -2.36. The van der Waals surface area contributed by atoms with Crippen molar-refractivity contribution in [2.45, 2.75) is 32.4 Å². The van der Waals surface area contributed by atoms with Crippen LogP contribution in [0.2, 0.25) is 0 Å². The molecule has 2 unspecified atom stereocenters. The number of nitrogens with zero attached hydrogens (tertiary/aromatic N) is 1. The van der Waals surface area contributed by atoms with Gasteiger partial charge in [-0.15, -0.1) is 12.4 Å². The normalized spacial score (nSPS) is 25.3. The molecule has 0 spiro atoms. The number of benzene rings is 1. The van der Waals surface area contributed by atoms with Crippen molar-refractivity contribution in [2.24, 2.45) is 0 Å². The smallest absolute Gasteiger partial charge is 0.0169 e. The van der Waals surface area contributed by atoms with Crippen molar-refractivity contribution in [2.75, 3.05) is 19.6 Å². The van der Waals surface area contributed by atoms with E-state index < -0.39 is 0 Å². The first-order valence-electron chi connectivity index (χ1n) is 6.26. The maximum atomic E-state index is 3.57. The molecule has 0 bridgehead atoms. The third kappa shape index (κ3) is 4.66. The Balaban J connectivity index is 0.00000144. The molecule has 0 saturated carbocycles. The zero-order valence-corrected chi connectivity index (χ0v) is 11.5. The predicted molar refractivity (Wildman–Crippen MR) is 75.9 cm³/mol. The van der Waals surface area contributed by atoms with Gasteiger partial charge >= 0.3 is 0 Å². The Morgan fingerprint density at radius 3 is 2.29 bits per heavy atom. The molecule has 0 aliphatic carbocycles. The van der Waals surface area contributed by atoms with E-state index in [4.69, 9.17) is 0 Å². The van der Waals surface area contributed by atoms with Crippen LogP contribution in [-0.4, -0.2) is 36.6 Å². The van der Waals surface area contributed by atoms with Gasteiger partial charge in [-0.05, 0) is 25.8 Å². The van der Waals surface area contributed by atoms with E-state index in [2.05, 4.69) is 54.4 Å². The summed E-state index contributed by atoms with van der Waals surface area (Å²) in [5.41, 5.74) is 1.45. The minimum atomic E-state index is 0. The van der Waals surface area contributed by atoms with Crippen molar-refractivity contribution < 1.29 is 0 Å². The molecule has 1 N–H and O–H groups in total. The average Bonchev–Trinajstić information content (AvgIpc) is 2.27. The Morgan fingerprint density at radius 2 is 1.71 bits per heavy atom. The summed E-state index contributed by atoms with van der Waals surface area (Å²) in [5.74, 6) is 0. The molecule has 3 heteroatoms. The van der Waals surface area contributed by atoms with Crippen LogP contribution in [0.4, 0.5) is 0 Å². The molecule has 1 aliphatic heterocycles. The quantitative estimate of drug-likeness (QED) is 0.891. The van der Waals surface area contributed by atoms with Crippen LogP contribution in [-0.2, 0) is 6.42 Å². The summed E-state index contributed by atoms with van der Waals surface area (Å²) < 4.78 is 0. The predicted octanol–water partition coefficient (Wildman–Crippen LogP) is 2.33. The third-order valence-electron chi connectivity index (χ3n) is 3.19. The van der Waals surface area contributed by atoms with Gasteiger partial charge in [-0.1, -0.05) is 30.3 Å². The van der Waals surface area contributed by atoms with Crippen LogP contribution >= 0.6 is 12.4 Å². The molecule has 1 heterocycles. The number of nitrogens with one attached hydrogen (secondary N) is 1. The Labute approximate surface area is 111 Å². The van der Waals surface area contributed by atoms with Crippen LogP contribution in [0.15, 0.2) is 30.3 Å². The molecule has 96 valence electrons. The van der Waals surface area contributed by atoms with E-state index in [9.17, 15) is 0 Å². The maximum Gasteiger partial charge on any atom is 0.0169 e. The van der Waals surface area contributed by atoms with E-state index in [-0.39, 0.29) is 12.4 Å². The Kier molecular flexibility index (Phi) is 5.96. The minimum Gasteiger partial charge on any atom is -0.309 e. The standard InChI is InChI=1S/C14H22N2.ClH/c1-12-10-16(11-13(2)15-12)9-8-14-6-4-3-5-7-14;/h3-7,12-13,15H,8-11H2,1-2H3;1H. The first-order valence-corrected chi connectivity index (χ1v) is 6.26. The van der Waals surface area contributed by atoms with Crippen LogP contribution in [0.1, 0.15) is 19.4 Å². The molecule has 1 fully saturated rings. The van der Waals surface area contributed by atoms with Crippen LogP contribution in [0.25, 0.3) is 0 Å². The van der Waals surface area contributed by atoms with Gasteiger partial charge < -0.3 is 5.32 Å². The summed E-state index contributed by atoms with van der Waals surface area (Å²) >= 11 is 0. The van der Waals surface area contributed by atoms with Gasteiger partial charge in [-0.2, -0.15) is 0 Å². The lowest BCUT2D eigenvalue weighted by atomic mass is 10.1. The number of halogens is 1. The second kappa shape index (κ2) is 7.00. The van der Waals surface area contributed by atoms with E-state index in [0.29, 0.717) is 12.1 Å². The van der Waals surface area contributed by atoms with Gasteiger partial charge in [0.2, 0.25) is 0 Å². The van der Waals surface area contributed by atoms with E-state index >= 15 is 0 Å². The Morgan fingerprint density at radius 1 is 1.12 bits per heavy atom. The fourth-order valence-electron chi connectivity index (χ4n) is 2.55. The van der Waals surface area contributed by atoms with Gasteiger partial charge in [0.05, 0.1) is 0 Å². The molecule has 1 saturated heterocycles. The maximum absolute atomic E-state index is 3.57. The SMILES string of the molecule is CC1CN(CCc2ccccc2)CC(C)N1.Cl. The van der Waals surface area contributed by atoms with Gasteiger partial charge in [0, 0.05) is 31.7 Å². The Hall–Kier alpha value is -0.570. The summed E-state index contributed by atoms with van der Waals surface area (Å²) in [6.45, 7) is 8.07. The molecule has 0 radical (unpaired) electrons. The molecule has 0 amide bonds. The number of hydrogen-bond acceptors (Lipinski definition) is 2. The first kappa shape index (κ1) is 14.5. The molecule has 2 atom stereocenters. The van der Waals surface area contributed by atoms with Crippen LogP contribution in [0.3, 0.4) is 0 Å². The molecule has 2 rings (SSSR count). The van der Waals surface area contributed by atoms with Gasteiger partial charge in [0.1, 0.15) is 0 Å². The first-order chi connectivity index (χ1) is 7.74. The van der Waals surface area contributed by atoms with Crippen molar-refractivity contribution in [3.8, 4) is 0 Å². The summed E-state index contributed by atoms with van der Waals surface area (Å²) in [6.07, 6.45) is 1.17.